The van der Waals surface area contributed by atoms with Gasteiger partial charge in [0.05, 0.1) is 12.5 Å². The summed E-state index contributed by atoms with van der Waals surface area (Å²) >= 11 is 0. The summed E-state index contributed by atoms with van der Waals surface area (Å²) in [7, 11) is 3.40. The highest BCUT2D eigenvalue weighted by molar-refractivity contribution is 5.42. The molecule has 2 aromatic rings. The molecule has 0 radical (unpaired) electrons. The maximum Gasteiger partial charge on any atom is 0.315 e. The van der Waals surface area contributed by atoms with Crippen LogP contribution in [0.5, 0.6) is 5.75 Å². The van der Waals surface area contributed by atoms with Gasteiger partial charge in [-0.05, 0) is 19.9 Å². The van der Waals surface area contributed by atoms with Crippen LogP contribution in [-0.2, 0) is 5.41 Å². The zero-order valence-corrected chi connectivity index (χ0v) is 11.0. The highest BCUT2D eigenvalue weighted by Crippen LogP contribution is 2.36. The van der Waals surface area contributed by atoms with E-state index in [1.54, 1.807) is 14.2 Å². The molecule has 0 aliphatic carbocycles. The van der Waals surface area contributed by atoms with E-state index in [9.17, 15) is 0 Å². The van der Waals surface area contributed by atoms with Crippen LogP contribution >= 0.6 is 0 Å². The van der Waals surface area contributed by atoms with Crippen molar-refractivity contribution < 1.29 is 9.15 Å². The van der Waals surface area contributed by atoms with Gasteiger partial charge in [-0.2, -0.15) is 0 Å². The standard InChI is InChI=1S/C13H17N3O2/c1-13(2,11-15-16-12(14-3)18-11)9-7-5-6-8-10(9)17-4/h5-8H,1-4H3,(H,14,16). The van der Waals surface area contributed by atoms with E-state index in [1.807, 2.05) is 38.1 Å². The van der Waals surface area contributed by atoms with Gasteiger partial charge in [-0.3, -0.25) is 0 Å². The number of anilines is 1. The van der Waals surface area contributed by atoms with Gasteiger partial charge in [0.25, 0.3) is 0 Å². The molecule has 5 nitrogen and oxygen atoms in total. The molecule has 0 aliphatic rings. The molecule has 0 atom stereocenters. The Morgan fingerprint density at radius 3 is 2.56 bits per heavy atom. The van der Waals surface area contributed by atoms with Crippen molar-refractivity contribution >= 4 is 6.01 Å². The van der Waals surface area contributed by atoms with Crippen molar-refractivity contribution in [3.8, 4) is 5.75 Å². The summed E-state index contributed by atoms with van der Waals surface area (Å²) in [6.45, 7) is 4.05. The molecule has 0 spiro atoms. The van der Waals surface area contributed by atoms with Crippen LogP contribution < -0.4 is 10.1 Å². The van der Waals surface area contributed by atoms with Gasteiger partial charge >= 0.3 is 6.01 Å². The third-order valence-corrected chi connectivity index (χ3v) is 2.95. The van der Waals surface area contributed by atoms with E-state index in [4.69, 9.17) is 9.15 Å². The van der Waals surface area contributed by atoms with E-state index in [0.717, 1.165) is 11.3 Å². The first kappa shape index (κ1) is 12.4. The van der Waals surface area contributed by atoms with Crippen molar-refractivity contribution in [2.24, 2.45) is 0 Å². The molecule has 0 saturated heterocycles. The Morgan fingerprint density at radius 1 is 1.22 bits per heavy atom. The Hall–Kier alpha value is -2.04. The largest absolute Gasteiger partial charge is 0.496 e. The van der Waals surface area contributed by atoms with Crippen molar-refractivity contribution in [1.29, 1.82) is 0 Å². The summed E-state index contributed by atoms with van der Waals surface area (Å²) < 4.78 is 10.9. The summed E-state index contributed by atoms with van der Waals surface area (Å²) in [6.07, 6.45) is 0. The van der Waals surface area contributed by atoms with Crippen LogP contribution in [0, 0.1) is 0 Å². The highest BCUT2D eigenvalue weighted by Gasteiger charge is 2.32. The number of para-hydroxylation sites is 1. The number of rotatable bonds is 4. The molecule has 0 aliphatic heterocycles. The quantitative estimate of drug-likeness (QED) is 0.899. The molecule has 1 aromatic heterocycles. The normalized spacial score (nSPS) is 11.3. The Bertz CT molecular complexity index is 535. The number of benzene rings is 1. The van der Waals surface area contributed by atoms with Crippen molar-refractivity contribution in [3.63, 3.8) is 0 Å². The van der Waals surface area contributed by atoms with Gasteiger partial charge in [0.2, 0.25) is 5.89 Å². The third kappa shape index (κ3) is 2.03. The molecule has 1 heterocycles. The molecule has 96 valence electrons. The lowest BCUT2D eigenvalue weighted by molar-refractivity contribution is 0.378. The first-order chi connectivity index (χ1) is 8.59. The monoisotopic (exact) mass is 247 g/mol. The number of nitrogens with one attached hydrogen (secondary N) is 1. The van der Waals surface area contributed by atoms with Gasteiger partial charge in [-0.25, -0.2) is 0 Å². The molecular weight excluding hydrogens is 230 g/mol. The second kappa shape index (κ2) is 4.68. The van der Waals surface area contributed by atoms with Crippen LogP contribution in [0.3, 0.4) is 0 Å². The number of ether oxygens (including phenoxy) is 1. The second-order valence-electron chi connectivity index (χ2n) is 4.49. The molecule has 1 N–H and O–H groups in total. The van der Waals surface area contributed by atoms with Crippen molar-refractivity contribution in [3.05, 3.63) is 35.7 Å². The SMILES string of the molecule is CNc1nnc(C(C)(C)c2ccccc2OC)o1. The first-order valence-electron chi connectivity index (χ1n) is 5.75. The van der Waals surface area contributed by atoms with Gasteiger partial charge < -0.3 is 14.5 Å². The molecule has 0 saturated carbocycles. The summed E-state index contributed by atoms with van der Waals surface area (Å²) in [5, 5.41) is 10.8. The summed E-state index contributed by atoms with van der Waals surface area (Å²) in [4.78, 5) is 0. The molecule has 5 heteroatoms. The Morgan fingerprint density at radius 2 is 1.94 bits per heavy atom. The van der Waals surface area contributed by atoms with E-state index >= 15 is 0 Å². The number of aromatic nitrogens is 2. The summed E-state index contributed by atoms with van der Waals surface area (Å²) in [6, 6.07) is 8.24. The van der Waals surface area contributed by atoms with E-state index in [1.165, 1.54) is 0 Å². The predicted octanol–water partition coefficient (Wildman–Crippen LogP) is 2.45. The topological polar surface area (TPSA) is 60.2 Å². The van der Waals surface area contributed by atoms with Gasteiger partial charge in [0, 0.05) is 12.6 Å². The lowest BCUT2D eigenvalue weighted by Crippen LogP contribution is -2.20. The van der Waals surface area contributed by atoms with Crippen LogP contribution in [-0.4, -0.2) is 24.4 Å². The van der Waals surface area contributed by atoms with E-state index in [2.05, 4.69) is 15.5 Å². The molecule has 0 unspecified atom stereocenters. The maximum atomic E-state index is 5.56. The fourth-order valence-electron chi connectivity index (χ4n) is 1.85. The number of nitrogens with zero attached hydrogens (tertiary/aromatic N) is 2. The lowest BCUT2D eigenvalue weighted by Gasteiger charge is -2.22. The molecule has 0 bridgehead atoms. The van der Waals surface area contributed by atoms with Crippen LogP contribution in [0.2, 0.25) is 0 Å². The fourth-order valence-corrected chi connectivity index (χ4v) is 1.85. The smallest absolute Gasteiger partial charge is 0.315 e. The lowest BCUT2D eigenvalue weighted by atomic mass is 9.84. The average molecular weight is 247 g/mol. The minimum atomic E-state index is -0.408. The van der Waals surface area contributed by atoms with Crippen LogP contribution in [0.25, 0.3) is 0 Å². The van der Waals surface area contributed by atoms with Crippen molar-refractivity contribution in [2.45, 2.75) is 19.3 Å². The molecule has 0 amide bonds. The van der Waals surface area contributed by atoms with Crippen molar-refractivity contribution in [2.75, 3.05) is 19.5 Å². The average Bonchev–Trinajstić information content (AvgIpc) is 2.88. The number of hydrogen-bond donors (Lipinski definition) is 1. The minimum absolute atomic E-state index is 0.408. The first-order valence-corrected chi connectivity index (χ1v) is 5.75. The maximum absolute atomic E-state index is 5.56. The van der Waals surface area contributed by atoms with Gasteiger partial charge in [-0.15, -0.1) is 5.10 Å². The zero-order chi connectivity index (χ0) is 13.2. The van der Waals surface area contributed by atoms with E-state index in [0.29, 0.717) is 11.9 Å². The zero-order valence-electron chi connectivity index (χ0n) is 11.0. The molecule has 2 rings (SSSR count). The Kier molecular flexibility index (Phi) is 3.23. The molecule has 1 aromatic carbocycles. The number of hydrogen-bond acceptors (Lipinski definition) is 5. The number of methoxy groups -OCH3 is 1. The molecule has 18 heavy (non-hydrogen) atoms. The fraction of sp³-hybridized carbons (Fsp3) is 0.385. The van der Waals surface area contributed by atoms with Crippen LogP contribution in [0.4, 0.5) is 6.01 Å². The predicted molar refractivity (Wildman–Crippen MR) is 69.0 cm³/mol. The Balaban J connectivity index is 2.46. The molecule has 0 fully saturated rings. The van der Waals surface area contributed by atoms with Crippen molar-refractivity contribution in [1.82, 2.24) is 10.2 Å². The van der Waals surface area contributed by atoms with E-state index in [-0.39, 0.29) is 0 Å². The van der Waals surface area contributed by atoms with Gasteiger partial charge in [-0.1, -0.05) is 23.3 Å². The van der Waals surface area contributed by atoms with Crippen LogP contribution in [0.15, 0.2) is 28.7 Å². The third-order valence-electron chi connectivity index (χ3n) is 2.95. The molecular formula is C13H17N3O2. The van der Waals surface area contributed by atoms with Gasteiger partial charge in [0.1, 0.15) is 5.75 Å². The highest BCUT2D eigenvalue weighted by atomic mass is 16.5. The van der Waals surface area contributed by atoms with Gasteiger partial charge in [0.15, 0.2) is 0 Å². The summed E-state index contributed by atoms with van der Waals surface area (Å²) in [5.41, 5.74) is 0.605. The van der Waals surface area contributed by atoms with E-state index < -0.39 is 5.41 Å². The second-order valence-corrected chi connectivity index (χ2v) is 4.49. The minimum Gasteiger partial charge on any atom is -0.496 e. The van der Waals surface area contributed by atoms with Crippen LogP contribution in [0.1, 0.15) is 25.3 Å². The summed E-state index contributed by atoms with van der Waals surface area (Å²) in [5.74, 6) is 1.36. The Labute approximate surface area is 106 Å².